The van der Waals surface area contributed by atoms with Crippen LogP contribution in [0.25, 0.3) is 0 Å². The molecule has 5 atom stereocenters. The van der Waals surface area contributed by atoms with E-state index in [0.29, 0.717) is 11.8 Å². The van der Waals surface area contributed by atoms with Crippen LogP contribution in [0.15, 0.2) is 54.1 Å². The van der Waals surface area contributed by atoms with E-state index in [9.17, 15) is 4.79 Å². The molecule has 0 heterocycles. The van der Waals surface area contributed by atoms with Crippen LogP contribution in [0.4, 0.5) is 0 Å². The Morgan fingerprint density at radius 3 is 2.50 bits per heavy atom. The second-order valence-electron chi connectivity index (χ2n) is 8.06. The number of ketones is 1. The smallest absolute Gasteiger partial charge is 0.188 e. The molecule has 0 aromatic heterocycles. The lowest BCUT2D eigenvalue weighted by Gasteiger charge is -2.45. The van der Waals surface area contributed by atoms with Crippen molar-refractivity contribution in [2.45, 2.75) is 44.7 Å². The van der Waals surface area contributed by atoms with Crippen LogP contribution in [0.5, 0.6) is 0 Å². The molecule has 0 aliphatic heterocycles. The van der Waals surface area contributed by atoms with Gasteiger partial charge < -0.3 is 10.6 Å². The zero-order valence-electron chi connectivity index (χ0n) is 16.5. The summed E-state index contributed by atoms with van der Waals surface area (Å²) in [6.45, 7) is 4.72. The normalized spacial score (nSPS) is 34.4. The fourth-order valence-electron chi connectivity index (χ4n) is 4.87. The highest BCUT2D eigenvalue weighted by molar-refractivity contribution is 6.06. The largest absolute Gasteiger partial charge is 0.311 e. The Morgan fingerprint density at radius 2 is 1.85 bits per heavy atom. The van der Waals surface area contributed by atoms with Crippen LogP contribution >= 0.6 is 0 Å². The molecule has 0 radical (unpaired) electrons. The molecule has 1 fully saturated rings. The zero-order chi connectivity index (χ0) is 18.7. The van der Waals surface area contributed by atoms with E-state index in [-0.39, 0.29) is 11.8 Å². The molecule has 1 aromatic rings. The van der Waals surface area contributed by atoms with E-state index in [2.05, 4.69) is 36.6 Å². The van der Waals surface area contributed by atoms with Gasteiger partial charge in [0.1, 0.15) is 5.54 Å². The maximum atomic E-state index is 13.5. The minimum atomic E-state index is -0.749. The van der Waals surface area contributed by atoms with E-state index in [4.69, 9.17) is 0 Å². The molecule has 3 heteroatoms. The van der Waals surface area contributed by atoms with Gasteiger partial charge in [0.2, 0.25) is 0 Å². The van der Waals surface area contributed by atoms with Crippen LogP contribution in [0.2, 0.25) is 0 Å². The van der Waals surface area contributed by atoms with Gasteiger partial charge in [-0.15, -0.1) is 0 Å². The number of likely N-dealkylation sites (N-methyl/N-ethyl adjacent to an activating group) is 2. The molecule has 3 rings (SSSR count). The molecule has 2 N–H and O–H groups in total. The molecule has 0 spiro atoms. The Kier molecular flexibility index (Phi) is 5.79. The zero-order valence-corrected chi connectivity index (χ0v) is 16.5. The number of carbonyl (C=O) groups is 1. The quantitative estimate of drug-likeness (QED) is 0.788. The summed E-state index contributed by atoms with van der Waals surface area (Å²) in [4.78, 5) is 13.5. The van der Waals surface area contributed by atoms with Crippen LogP contribution < -0.4 is 10.6 Å². The third-order valence-corrected chi connectivity index (χ3v) is 6.44. The van der Waals surface area contributed by atoms with Gasteiger partial charge in [-0.25, -0.2) is 0 Å². The number of hydrogen-bond donors (Lipinski definition) is 2. The third-order valence-electron chi connectivity index (χ3n) is 6.44. The van der Waals surface area contributed by atoms with E-state index < -0.39 is 5.54 Å². The van der Waals surface area contributed by atoms with E-state index in [1.54, 1.807) is 0 Å². The second kappa shape index (κ2) is 7.89. The Labute approximate surface area is 158 Å². The minimum Gasteiger partial charge on any atom is -0.311 e. The lowest BCUT2D eigenvalue weighted by Crippen LogP contribution is -2.64. The summed E-state index contributed by atoms with van der Waals surface area (Å²) in [5, 5.41) is 6.85. The van der Waals surface area contributed by atoms with Crippen molar-refractivity contribution in [2.75, 3.05) is 14.1 Å². The summed E-state index contributed by atoms with van der Waals surface area (Å²) in [5.74, 6) is 2.05. The molecule has 0 saturated heterocycles. The second-order valence-corrected chi connectivity index (χ2v) is 8.06. The van der Waals surface area contributed by atoms with Gasteiger partial charge in [0, 0.05) is 5.56 Å². The average Bonchev–Trinajstić information content (AvgIpc) is 2.69. The molecule has 2 aliphatic carbocycles. The van der Waals surface area contributed by atoms with E-state index >= 15 is 0 Å². The van der Waals surface area contributed by atoms with Crippen molar-refractivity contribution in [2.24, 2.45) is 17.8 Å². The van der Waals surface area contributed by atoms with Crippen LogP contribution in [0, 0.1) is 17.8 Å². The van der Waals surface area contributed by atoms with Gasteiger partial charge in [0.15, 0.2) is 5.78 Å². The lowest BCUT2D eigenvalue weighted by atomic mass is 9.65. The molecule has 3 nitrogen and oxygen atoms in total. The number of hydrogen-bond acceptors (Lipinski definition) is 3. The van der Waals surface area contributed by atoms with E-state index in [1.165, 1.54) is 24.8 Å². The van der Waals surface area contributed by atoms with Gasteiger partial charge in [0.25, 0.3) is 0 Å². The average molecular weight is 353 g/mol. The van der Waals surface area contributed by atoms with Crippen LogP contribution in [-0.2, 0) is 0 Å². The molecule has 0 bridgehead atoms. The van der Waals surface area contributed by atoms with Crippen molar-refractivity contribution in [1.82, 2.24) is 10.6 Å². The lowest BCUT2D eigenvalue weighted by molar-refractivity contribution is 0.0864. The van der Waals surface area contributed by atoms with Crippen molar-refractivity contribution < 1.29 is 4.79 Å². The highest BCUT2D eigenvalue weighted by Crippen LogP contribution is 2.42. The number of nitrogens with one attached hydrogen (secondary N) is 2. The van der Waals surface area contributed by atoms with Crippen LogP contribution in [0.1, 0.15) is 43.5 Å². The monoisotopic (exact) mass is 352 g/mol. The van der Waals surface area contributed by atoms with Gasteiger partial charge >= 0.3 is 0 Å². The summed E-state index contributed by atoms with van der Waals surface area (Å²) in [5.41, 5.74) is 1.37. The van der Waals surface area contributed by atoms with Gasteiger partial charge in [-0.2, -0.15) is 0 Å². The molecule has 26 heavy (non-hydrogen) atoms. The number of allylic oxidation sites excluding steroid dienone is 2. The molecule has 0 amide bonds. The predicted molar refractivity (Wildman–Crippen MR) is 108 cm³/mol. The first-order valence-electron chi connectivity index (χ1n) is 9.88. The molecule has 1 saturated carbocycles. The van der Waals surface area contributed by atoms with Gasteiger partial charge in [-0.1, -0.05) is 68.8 Å². The van der Waals surface area contributed by atoms with Gasteiger partial charge in [-0.3, -0.25) is 4.79 Å². The van der Waals surface area contributed by atoms with Crippen LogP contribution in [-0.4, -0.2) is 31.5 Å². The summed E-state index contributed by atoms with van der Waals surface area (Å²) in [6.07, 6.45) is 10.1. The van der Waals surface area contributed by atoms with Crippen molar-refractivity contribution in [1.29, 1.82) is 0 Å². The molecular weight excluding hydrogens is 320 g/mol. The SMILES string of the molecule is CNC1C(C2CC(C)CCC2C)=CC=CC1(NC)C(=O)c1ccccc1. The van der Waals surface area contributed by atoms with Crippen LogP contribution in [0.3, 0.4) is 0 Å². The van der Waals surface area contributed by atoms with E-state index in [1.807, 2.05) is 50.5 Å². The summed E-state index contributed by atoms with van der Waals surface area (Å²) < 4.78 is 0. The number of rotatable bonds is 5. The van der Waals surface area contributed by atoms with Gasteiger partial charge in [0.05, 0.1) is 6.04 Å². The van der Waals surface area contributed by atoms with Crippen molar-refractivity contribution in [3.63, 3.8) is 0 Å². The summed E-state index contributed by atoms with van der Waals surface area (Å²) in [6, 6.07) is 9.59. The Balaban J connectivity index is 1.99. The minimum absolute atomic E-state index is 0.0389. The maximum Gasteiger partial charge on any atom is 0.188 e. The first kappa shape index (κ1) is 19.1. The maximum absolute atomic E-state index is 13.5. The highest BCUT2D eigenvalue weighted by Gasteiger charge is 2.47. The number of carbonyl (C=O) groups excluding carboxylic acids is 1. The highest BCUT2D eigenvalue weighted by atomic mass is 16.1. The predicted octanol–water partition coefficient (Wildman–Crippen LogP) is 3.98. The molecule has 2 aliphatic rings. The molecule has 1 aromatic carbocycles. The molecule has 140 valence electrons. The van der Waals surface area contributed by atoms with Gasteiger partial charge in [-0.05, 0) is 50.3 Å². The Hall–Kier alpha value is -1.71. The Morgan fingerprint density at radius 1 is 1.12 bits per heavy atom. The van der Waals surface area contributed by atoms with E-state index in [0.717, 1.165) is 11.5 Å². The van der Waals surface area contributed by atoms with Crippen molar-refractivity contribution in [3.8, 4) is 0 Å². The third kappa shape index (κ3) is 3.30. The standard InChI is InChI=1S/C23H32N2O/c1-16-12-13-17(2)20(15-16)19-11-8-14-23(25-4,21(19)24-3)22(26)18-9-6-5-7-10-18/h5-11,14,16-17,20-21,24-25H,12-13,15H2,1-4H3. The molecule has 5 unspecified atom stereocenters. The summed E-state index contributed by atoms with van der Waals surface area (Å²) in [7, 11) is 3.87. The molecular formula is C23H32N2O. The first-order chi connectivity index (χ1) is 12.5. The van der Waals surface area contributed by atoms with Crippen molar-refractivity contribution >= 4 is 5.78 Å². The fourth-order valence-corrected chi connectivity index (χ4v) is 4.87. The summed E-state index contributed by atoms with van der Waals surface area (Å²) >= 11 is 0. The Bertz CT molecular complexity index is 693. The number of Topliss-reactive ketones (excluding diaryl/α,β-unsaturated/α-hetero) is 1. The first-order valence-corrected chi connectivity index (χ1v) is 9.88. The fraction of sp³-hybridized carbons (Fsp3) is 0.522. The van der Waals surface area contributed by atoms with Crippen molar-refractivity contribution in [3.05, 3.63) is 59.7 Å². The number of benzene rings is 1. The topological polar surface area (TPSA) is 41.1 Å².